The average molecular weight is 451 g/mol. The molecular formula is C22H28Cl2N4O2. The highest BCUT2D eigenvalue weighted by Gasteiger charge is 2.19. The topological polar surface area (TPSA) is 80.1 Å². The second-order valence-corrected chi connectivity index (χ2v) is 7.50. The summed E-state index contributed by atoms with van der Waals surface area (Å²) in [5.41, 5.74) is 2.40. The van der Waals surface area contributed by atoms with Crippen molar-refractivity contribution in [3.8, 4) is 0 Å². The third-order valence-corrected chi connectivity index (χ3v) is 5.57. The predicted octanol–water partition coefficient (Wildman–Crippen LogP) is 5.86. The van der Waals surface area contributed by atoms with E-state index < -0.39 is 0 Å². The van der Waals surface area contributed by atoms with Crippen molar-refractivity contribution in [3.63, 3.8) is 0 Å². The molecule has 6 nitrogen and oxygen atoms in total. The first-order chi connectivity index (χ1) is 13.7. The third kappa shape index (κ3) is 5.31. The molecule has 3 aromatic rings. The van der Waals surface area contributed by atoms with Gasteiger partial charge in [0.05, 0.1) is 21.6 Å². The molecule has 1 fully saturated rings. The van der Waals surface area contributed by atoms with Gasteiger partial charge < -0.3 is 10.6 Å². The molecule has 0 spiro atoms. The molecular weight excluding hydrogens is 423 g/mol. The van der Waals surface area contributed by atoms with Crippen LogP contribution in [0.5, 0.6) is 0 Å². The first kappa shape index (κ1) is 24.1. The van der Waals surface area contributed by atoms with E-state index in [0.717, 1.165) is 36.1 Å². The van der Waals surface area contributed by atoms with Crippen LogP contribution in [0.4, 0.5) is 11.4 Å². The summed E-state index contributed by atoms with van der Waals surface area (Å²) in [5, 5.41) is 20.2. The van der Waals surface area contributed by atoms with Crippen molar-refractivity contribution < 1.29 is 4.92 Å². The molecule has 1 aromatic heterocycles. The lowest BCUT2D eigenvalue weighted by Crippen LogP contribution is -2.32. The normalized spacial score (nSPS) is 14.1. The molecule has 0 bridgehead atoms. The van der Waals surface area contributed by atoms with Crippen molar-refractivity contribution in [1.29, 1.82) is 0 Å². The number of para-hydroxylation sites is 1. The van der Waals surface area contributed by atoms with Gasteiger partial charge in [-0.05, 0) is 37.9 Å². The van der Waals surface area contributed by atoms with Crippen LogP contribution in [0.15, 0.2) is 42.5 Å². The van der Waals surface area contributed by atoms with Crippen molar-refractivity contribution in [2.24, 2.45) is 0 Å². The Balaban J connectivity index is 0.00000160. The Hall–Kier alpha value is -2.15. The molecule has 1 aliphatic carbocycles. The van der Waals surface area contributed by atoms with Gasteiger partial charge in [-0.1, -0.05) is 43.5 Å². The first-order valence-corrected chi connectivity index (χ1v) is 10.2. The van der Waals surface area contributed by atoms with Gasteiger partial charge in [0.25, 0.3) is 5.69 Å². The van der Waals surface area contributed by atoms with E-state index in [4.69, 9.17) is 0 Å². The number of pyridine rings is 1. The van der Waals surface area contributed by atoms with Crippen LogP contribution in [0.2, 0.25) is 0 Å². The summed E-state index contributed by atoms with van der Waals surface area (Å²) in [6.07, 6.45) is 7.54. The van der Waals surface area contributed by atoms with Gasteiger partial charge in [-0.25, -0.2) is 4.98 Å². The lowest BCUT2D eigenvalue weighted by atomic mass is 9.95. The van der Waals surface area contributed by atoms with Gasteiger partial charge in [-0.15, -0.1) is 24.8 Å². The maximum absolute atomic E-state index is 11.6. The molecule has 0 aliphatic heterocycles. The maximum atomic E-state index is 11.6. The Labute approximate surface area is 188 Å². The summed E-state index contributed by atoms with van der Waals surface area (Å²) in [6, 6.07) is 13.5. The van der Waals surface area contributed by atoms with Gasteiger partial charge in [0.2, 0.25) is 0 Å². The van der Waals surface area contributed by atoms with Gasteiger partial charge in [0.15, 0.2) is 0 Å². The van der Waals surface area contributed by atoms with Crippen molar-refractivity contribution >= 4 is 58.0 Å². The lowest BCUT2D eigenvalue weighted by molar-refractivity contribution is -0.383. The summed E-state index contributed by atoms with van der Waals surface area (Å²) in [5.74, 6) is 0. The fourth-order valence-corrected chi connectivity index (χ4v) is 4.18. The van der Waals surface area contributed by atoms with Gasteiger partial charge >= 0.3 is 0 Å². The molecule has 8 heteroatoms. The molecule has 1 aliphatic rings. The fraction of sp³-hybridized carbons (Fsp3) is 0.409. The average Bonchev–Trinajstić information content (AvgIpc) is 2.73. The van der Waals surface area contributed by atoms with Crippen LogP contribution in [-0.2, 0) is 0 Å². The second-order valence-electron chi connectivity index (χ2n) is 7.50. The van der Waals surface area contributed by atoms with E-state index in [-0.39, 0.29) is 35.4 Å². The number of non-ortho nitro benzene ring substituents is 1. The Morgan fingerprint density at radius 1 is 0.967 bits per heavy atom. The molecule has 0 saturated heterocycles. The highest BCUT2D eigenvalue weighted by Crippen LogP contribution is 2.36. The minimum atomic E-state index is -0.325. The van der Waals surface area contributed by atoms with E-state index >= 15 is 0 Å². The van der Waals surface area contributed by atoms with Crippen molar-refractivity contribution in [1.82, 2.24) is 10.3 Å². The van der Waals surface area contributed by atoms with E-state index in [1.54, 1.807) is 12.1 Å². The largest absolute Gasteiger partial charge is 0.384 e. The number of nitro groups is 1. The first-order valence-electron chi connectivity index (χ1n) is 10.2. The molecule has 1 heterocycles. The highest BCUT2D eigenvalue weighted by atomic mass is 35.5. The molecule has 4 rings (SSSR count). The fourth-order valence-electron chi connectivity index (χ4n) is 4.18. The van der Waals surface area contributed by atoms with Crippen molar-refractivity contribution in [2.45, 2.75) is 44.6 Å². The SMILES string of the molecule is Cl.Cl.O=[N+]([O-])c1cccc2nc3ccccc3c(NCCCNC3CCCCC3)c12. The number of halogens is 2. The van der Waals surface area contributed by atoms with Gasteiger partial charge in [-0.2, -0.15) is 0 Å². The molecule has 2 aromatic carbocycles. The van der Waals surface area contributed by atoms with Gasteiger partial charge in [-0.3, -0.25) is 10.1 Å². The second kappa shape index (κ2) is 11.3. The number of nitrogens with zero attached hydrogens (tertiary/aromatic N) is 2. The number of rotatable bonds is 7. The molecule has 0 atom stereocenters. The lowest BCUT2D eigenvalue weighted by Gasteiger charge is -2.23. The maximum Gasteiger partial charge on any atom is 0.280 e. The number of nitro benzene ring substituents is 1. The number of hydrogen-bond donors (Lipinski definition) is 2. The van der Waals surface area contributed by atoms with Crippen molar-refractivity contribution in [2.75, 3.05) is 18.4 Å². The van der Waals surface area contributed by atoms with E-state index in [2.05, 4.69) is 15.6 Å². The van der Waals surface area contributed by atoms with Crippen LogP contribution >= 0.6 is 24.8 Å². The Bertz CT molecular complexity index is 993. The molecule has 0 unspecified atom stereocenters. The van der Waals surface area contributed by atoms with Crippen LogP contribution in [0, 0.1) is 10.1 Å². The van der Waals surface area contributed by atoms with E-state index in [1.165, 1.54) is 32.1 Å². The Morgan fingerprint density at radius 2 is 1.70 bits per heavy atom. The third-order valence-electron chi connectivity index (χ3n) is 5.57. The zero-order valence-corrected chi connectivity index (χ0v) is 18.4. The van der Waals surface area contributed by atoms with Crippen molar-refractivity contribution in [3.05, 3.63) is 52.6 Å². The number of anilines is 1. The molecule has 162 valence electrons. The molecule has 30 heavy (non-hydrogen) atoms. The van der Waals surface area contributed by atoms with Gasteiger partial charge in [0.1, 0.15) is 5.39 Å². The molecule has 0 radical (unpaired) electrons. The van der Waals surface area contributed by atoms with Crippen LogP contribution in [-0.4, -0.2) is 29.0 Å². The van der Waals surface area contributed by atoms with Crippen LogP contribution < -0.4 is 10.6 Å². The van der Waals surface area contributed by atoms with Crippen LogP contribution in [0.1, 0.15) is 38.5 Å². The molecule has 1 saturated carbocycles. The number of benzene rings is 2. The summed E-state index contributed by atoms with van der Waals surface area (Å²) in [7, 11) is 0. The van der Waals surface area contributed by atoms with Crippen LogP contribution in [0.3, 0.4) is 0 Å². The van der Waals surface area contributed by atoms with E-state index in [9.17, 15) is 10.1 Å². The monoisotopic (exact) mass is 450 g/mol. The van der Waals surface area contributed by atoms with E-state index in [0.29, 0.717) is 16.9 Å². The highest BCUT2D eigenvalue weighted by molar-refractivity contribution is 6.11. The zero-order chi connectivity index (χ0) is 19.3. The number of nitrogens with one attached hydrogen (secondary N) is 2. The minimum Gasteiger partial charge on any atom is -0.384 e. The summed E-state index contributed by atoms with van der Waals surface area (Å²) in [4.78, 5) is 15.9. The number of fused-ring (bicyclic) bond motifs is 2. The minimum absolute atomic E-state index is 0. The number of aromatic nitrogens is 1. The zero-order valence-electron chi connectivity index (χ0n) is 16.8. The van der Waals surface area contributed by atoms with Crippen LogP contribution in [0.25, 0.3) is 21.8 Å². The Morgan fingerprint density at radius 3 is 2.47 bits per heavy atom. The number of hydrogen-bond acceptors (Lipinski definition) is 5. The summed E-state index contributed by atoms with van der Waals surface area (Å²) < 4.78 is 0. The predicted molar refractivity (Wildman–Crippen MR) is 128 cm³/mol. The van der Waals surface area contributed by atoms with Gasteiger partial charge in [0, 0.05) is 24.0 Å². The smallest absolute Gasteiger partial charge is 0.280 e. The standard InChI is InChI=1S/C22H26N4O2.2ClH/c27-26(28)20-13-6-12-19-21(20)22(17-10-4-5-11-18(17)25-19)24-15-7-14-23-16-8-2-1-3-9-16;;/h4-6,10-13,16,23H,1-3,7-9,14-15H2,(H,24,25);2*1H. The van der Waals surface area contributed by atoms with E-state index in [1.807, 2.05) is 30.3 Å². The molecule has 0 amide bonds. The quantitative estimate of drug-likeness (QED) is 0.203. The molecule has 2 N–H and O–H groups in total. The summed E-state index contributed by atoms with van der Waals surface area (Å²) >= 11 is 0. The summed E-state index contributed by atoms with van der Waals surface area (Å²) in [6.45, 7) is 1.72. The Kier molecular flexibility index (Phi) is 9.08.